The summed E-state index contributed by atoms with van der Waals surface area (Å²) in [5.74, 6) is 1.13. The van der Waals surface area contributed by atoms with Crippen LogP contribution in [0.4, 0.5) is 5.69 Å². The molecule has 0 spiro atoms. The first kappa shape index (κ1) is 17.9. The Morgan fingerprint density at radius 2 is 2.24 bits per heavy atom. The smallest absolute Gasteiger partial charge is 0.241 e. The number of nitrogens with one attached hydrogen (secondary N) is 2. The van der Waals surface area contributed by atoms with Crippen molar-refractivity contribution < 1.29 is 13.2 Å². The minimum atomic E-state index is -3.72. The van der Waals surface area contributed by atoms with E-state index in [2.05, 4.69) is 20.2 Å². The van der Waals surface area contributed by atoms with Gasteiger partial charge in [-0.2, -0.15) is 0 Å². The predicted octanol–water partition coefficient (Wildman–Crippen LogP) is 1.60. The molecular weight excluding hydrogens is 362 g/mol. The number of amides is 1. The van der Waals surface area contributed by atoms with E-state index in [1.807, 2.05) is 11.5 Å². The number of nitrogens with zero attached hydrogens (tertiary/aromatic N) is 3. The molecule has 0 saturated heterocycles. The summed E-state index contributed by atoms with van der Waals surface area (Å²) >= 11 is 1.53. The quantitative estimate of drug-likeness (QED) is 0.787. The SMILES string of the molecule is CCCn1cnnc1CNS(=O)(=O)c1ccc2c(c1)NC(=O)CCS2. The zero-order chi connectivity index (χ0) is 17.9. The zero-order valence-electron chi connectivity index (χ0n) is 13.7. The highest BCUT2D eigenvalue weighted by atomic mass is 32.2. The van der Waals surface area contributed by atoms with Gasteiger partial charge in [-0.25, -0.2) is 13.1 Å². The molecule has 0 unspecified atom stereocenters. The molecule has 1 aromatic carbocycles. The van der Waals surface area contributed by atoms with E-state index in [1.54, 1.807) is 18.5 Å². The van der Waals surface area contributed by atoms with Crippen molar-refractivity contribution in [3.05, 3.63) is 30.4 Å². The summed E-state index contributed by atoms with van der Waals surface area (Å²) in [6.45, 7) is 2.81. The first-order valence-electron chi connectivity index (χ1n) is 7.92. The number of aryl methyl sites for hydroxylation is 1. The van der Waals surface area contributed by atoms with Crippen LogP contribution in [0.25, 0.3) is 0 Å². The molecule has 2 aromatic rings. The van der Waals surface area contributed by atoms with Crippen LogP contribution in [0, 0.1) is 0 Å². The third kappa shape index (κ3) is 4.20. The summed E-state index contributed by atoms with van der Waals surface area (Å²) in [6, 6.07) is 4.76. The highest BCUT2D eigenvalue weighted by molar-refractivity contribution is 7.99. The van der Waals surface area contributed by atoms with Crippen molar-refractivity contribution in [3.63, 3.8) is 0 Å². The third-order valence-corrected chi connectivity index (χ3v) is 6.18. The van der Waals surface area contributed by atoms with Gasteiger partial charge in [0.2, 0.25) is 15.9 Å². The van der Waals surface area contributed by atoms with E-state index < -0.39 is 10.0 Å². The van der Waals surface area contributed by atoms with Gasteiger partial charge in [-0.15, -0.1) is 22.0 Å². The van der Waals surface area contributed by atoms with Crippen molar-refractivity contribution in [1.29, 1.82) is 0 Å². The second-order valence-corrected chi connectivity index (χ2v) is 8.47. The van der Waals surface area contributed by atoms with Crippen molar-refractivity contribution >= 4 is 33.4 Å². The molecule has 0 radical (unpaired) electrons. The van der Waals surface area contributed by atoms with Crippen LogP contribution in [0.2, 0.25) is 0 Å². The van der Waals surface area contributed by atoms with E-state index in [0.29, 0.717) is 23.7 Å². The van der Waals surface area contributed by atoms with Gasteiger partial charge in [-0.05, 0) is 24.6 Å². The summed E-state index contributed by atoms with van der Waals surface area (Å²) in [6.07, 6.45) is 2.90. The fourth-order valence-electron chi connectivity index (χ4n) is 2.45. The van der Waals surface area contributed by atoms with Crippen LogP contribution >= 0.6 is 11.8 Å². The van der Waals surface area contributed by atoms with E-state index in [4.69, 9.17) is 0 Å². The Balaban J connectivity index is 1.78. The molecule has 0 atom stereocenters. The van der Waals surface area contributed by atoms with E-state index in [1.165, 1.54) is 17.8 Å². The topological polar surface area (TPSA) is 106 Å². The number of benzene rings is 1. The van der Waals surface area contributed by atoms with Crippen molar-refractivity contribution in [2.24, 2.45) is 0 Å². The maximum Gasteiger partial charge on any atom is 0.241 e. The van der Waals surface area contributed by atoms with Gasteiger partial charge in [0.25, 0.3) is 0 Å². The van der Waals surface area contributed by atoms with Crippen molar-refractivity contribution in [1.82, 2.24) is 19.5 Å². The highest BCUT2D eigenvalue weighted by Crippen LogP contribution is 2.32. The largest absolute Gasteiger partial charge is 0.325 e. The third-order valence-electron chi connectivity index (χ3n) is 3.70. The summed E-state index contributed by atoms with van der Waals surface area (Å²) in [7, 11) is -3.72. The van der Waals surface area contributed by atoms with Crippen LogP contribution < -0.4 is 10.0 Å². The number of fused-ring (bicyclic) bond motifs is 1. The van der Waals surface area contributed by atoms with Crippen LogP contribution in [-0.4, -0.2) is 34.8 Å². The molecule has 25 heavy (non-hydrogen) atoms. The fraction of sp³-hybridized carbons (Fsp3) is 0.400. The van der Waals surface area contributed by atoms with Gasteiger partial charge in [0.1, 0.15) is 12.2 Å². The van der Waals surface area contributed by atoms with E-state index in [-0.39, 0.29) is 17.3 Å². The second-order valence-electron chi connectivity index (χ2n) is 5.57. The Hall–Kier alpha value is -1.91. The molecule has 0 bridgehead atoms. The van der Waals surface area contributed by atoms with Gasteiger partial charge in [-0.1, -0.05) is 6.92 Å². The van der Waals surface area contributed by atoms with E-state index in [9.17, 15) is 13.2 Å². The standard InChI is InChI=1S/C15H19N5O3S2/c1-2-6-20-10-16-19-14(20)9-17-25(22,23)11-3-4-13-12(8-11)18-15(21)5-7-24-13/h3-4,8,10,17H,2,5-7,9H2,1H3,(H,18,21). The Morgan fingerprint density at radius 1 is 1.40 bits per heavy atom. The molecular formula is C15H19N5O3S2. The lowest BCUT2D eigenvalue weighted by molar-refractivity contribution is -0.115. The Bertz CT molecular complexity index is 879. The van der Waals surface area contributed by atoms with Crippen LogP contribution in [0.1, 0.15) is 25.6 Å². The van der Waals surface area contributed by atoms with Gasteiger partial charge in [-0.3, -0.25) is 4.79 Å². The molecule has 1 aromatic heterocycles. The molecule has 10 heteroatoms. The van der Waals surface area contributed by atoms with Gasteiger partial charge in [0.05, 0.1) is 17.1 Å². The summed E-state index contributed by atoms with van der Waals surface area (Å²) in [5, 5.41) is 10.5. The van der Waals surface area contributed by atoms with Crippen LogP contribution in [0.15, 0.2) is 34.3 Å². The monoisotopic (exact) mass is 381 g/mol. The van der Waals surface area contributed by atoms with E-state index >= 15 is 0 Å². The summed E-state index contributed by atoms with van der Waals surface area (Å²) < 4.78 is 29.5. The fourth-order valence-corrected chi connectivity index (χ4v) is 4.40. The number of thioether (sulfide) groups is 1. The molecule has 8 nitrogen and oxygen atoms in total. The number of hydrogen-bond acceptors (Lipinski definition) is 6. The average Bonchev–Trinajstić information content (AvgIpc) is 2.93. The number of hydrogen-bond donors (Lipinski definition) is 2. The van der Waals surface area contributed by atoms with Crippen LogP contribution in [-0.2, 0) is 27.9 Å². The molecule has 1 aliphatic rings. The Labute approximate surface area is 150 Å². The second kappa shape index (κ2) is 7.54. The van der Waals surface area contributed by atoms with Gasteiger partial charge >= 0.3 is 0 Å². The highest BCUT2D eigenvalue weighted by Gasteiger charge is 2.20. The first-order chi connectivity index (χ1) is 12.0. The molecule has 134 valence electrons. The number of sulfonamides is 1. The normalized spacial score (nSPS) is 14.7. The molecule has 0 aliphatic carbocycles. The number of aromatic nitrogens is 3. The zero-order valence-corrected chi connectivity index (χ0v) is 15.4. The minimum absolute atomic E-state index is 0.0561. The number of rotatable bonds is 6. The number of anilines is 1. The number of carbonyl (C=O) groups is 1. The lowest BCUT2D eigenvalue weighted by Gasteiger charge is -2.11. The first-order valence-corrected chi connectivity index (χ1v) is 10.4. The van der Waals surface area contributed by atoms with E-state index in [0.717, 1.165) is 17.9 Å². The molecule has 0 fully saturated rings. The lowest BCUT2D eigenvalue weighted by atomic mass is 10.3. The maximum absolute atomic E-state index is 12.6. The lowest BCUT2D eigenvalue weighted by Crippen LogP contribution is -2.25. The van der Waals surface area contributed by atoms with Crippen molar-refractivity contribution in [3.8, 4) is 0 Å². The summed E-state index contributed by atoms with van der Waals surface area (Å²) in [4.78, 5) is 12.7. The minimum Gasteiger partial charge on any atom is -0.325 e. The van der Waals surface area contributed by atoms with Crippen molar-refractivity contribution in [2.75, 3.05) is 11.1 Å². The molecule has 1 amide bonds. The van der Waals surface area contributed by atoms with Crippen LogP contribution in [0.3, 0.4) is 0 Å². The summed E-state index contributed by atoms with van der Waals surface area (Å²) in [5.41, 5.74) is 0.532. The van der Waals surface area contributed by atoms with Crippen LogP contribution in [0.5, 0.6) is 0 Å². The van der Waals surface area contributed by atoms with Gasteiger partial charge in [0.15, 0.2) is 0 Å². The predicted molar refractivity (Wildman–Crippen MR) is 94.8 cm³/mol. The van der Waals surface area contributed by atoms with Gasteiger partial charge < -0.3 is 9.88 Å². The number of carbonyl (C=O) groups excluding carboxylic acids is 1. The molecule has 2 heterocycles. The van der Waals surface area contributed by atoms with Gasteiger partial charge in [0, 0.05) is 23.6 Å². The molecule has 2 N–H and O–H groups in total. The molecule has 1 aliphatic heterocycles. The average molecular weight is 381 g/mol. The maximum atomic E-state index is 12.6. The molecule has 0 saturated carbocycles. The Kier molecular flexibility index (Phi) is 5.40. The Morgan fingerprint density at radius 3 is 3.04 bits per heavy atom. The molecule has 3 rings (SSSR count). The van der Waals surface area contributed by atoms with Crippen molar-refractivity contribution in [2.45, 2.75) is 42.6 Å².